The van der Waals surface area contributed by atoms with Gasteiger partial charge in [0, 0.05) is 52.3 Å². The first-order valence-corrected chi connectivity index (χ1v) is 8.16. The van der Waals surface area contributed by atoms with Crippen LogP contribution in [0.2, 0.25) is 0 Å². The Morgan fingerprint density at radius 1 is 0.778 bits per heavy atom. The van der Waals surface area contributed by atoms with Crippen LogP contribution in [0, 0.1) is 0 Å². The van der Waals surface area contributed by atoms with E-state index >= 15 is 0 Å². The van der Waals surface area contributed by atoms with Crippen molar-refractivity contribution in [3.8, 4) is 0 Å². The van der Waals surface area contributed by atoms with Crippen molar-refractivity contribution in [3.05, 3.63) is 60.4 Å². The summed E-state index contributed by atoms with van der Waals surface area (Å²) in [5.41, 5.74) is 0. The van der Waals surface area contributed by atoms with Gasteiger partial charge in [0.25, 0.3) is 0 Å². The van der Waals surface area contributed by atoms with Gasteiger partial charge in [0.1, 0.15) is 0 Å². The van der Waals surface area contributed by atoms with Crippen molar-refractivity contribution in [2.24, 2.45) is 0 Å². The van der Waals surface area contributed by atoms with E-state index in [0.717, 1.165) is 22.8 Å². The third kappa shape index (κ3) is 7.48. The molecule has 0 heterocycles. The molecule has 0 fully saturated rings. The van der Waals surface area contributed by atoms with E-state index in [1.54, 1.807) is 0 Å². The summed E-state index contributed by atoms with van der Waals surface area (Å²) in [6.45, 7) is 0. The Labute approximate surface area is 169 Å². The van der Waals surface area contributed by atoms with E-state index in [0.29, 0.717) is 0 Å². The van der Waals surface area contributed by atoms with Gasteiger partial charge >= 0.3 is 0 Å². The molecular weight excluding hydrogens is 519 g/mol. The second-order valence-corrected chi connectivity index (χ2v) is 6.95. The molecule has 18 heavy (non-hydrogen) atoms. The van der Waals surface area contributed by atoms with Gasteiger partial charge in [0.15, 0.2) is 0 Å². The Morgan fingerprint density at radius 2 is 1.22 bits per heavy atom. The van der Waals surface area contributed by atoms with Gasteiger partial charge in [-0.25, -0.2) is 0 Å². The number of halogens is 4. The van der Waals surface area contributed by atoms with Gasteiger partial charge in [0.2, 0.25) is 0 Å². The molecule has 0 aliphatic rings. The summed E-state index contributed by atoms with van der Waals surface area (Å²) in [7, 11) is 0. The maximum absolute atomic E-state index is 4.08. The minimum atomic E-state index is 0. The SMILES string of the molecule is Brc1cc(Br)c(Br)c(Br)c1.Sc1ccccc1.[Na]. The number of hydrogen-bond acceptors (Lipinski definition) is 1. The first kappa shape index (κ1) is 19.7. The van der Waals surface area contributed by atoms with Crippen LogP contribution in [0.4, 0.5) is 0 Å². The molecule has 2 rings (SSSR count). The van der Waals surface area contributed by atoms with E-state index in [9.17, 15) is 0 Å². The third-order valence-electron chi connectivity index (χ3n) is 1.70. The number of rotatable bonds is 0. The molecule has 0 N–H and O–H groups in total. The fourth-order valence-corrected chi connectivity index (χ4v) is 3.61. The molecule has 0 aromatic heterocycles. The smallest absolute Gasteiger partial charge is 0.0460 e. The van der Waals surface area contributed by atoms with Gasteiger partial charge < -0.3 is 0 Å². The standard InChI is InChI=1S/C6H2Br4.C6H6S.Na/c7-3-1-4(8)6(10)5(9)2-3;7-6-4-2-1-3-5-6;/h1-2H;1-5,7H;. The molecule has 2 aromatic carbocycles. The van der Waals surface area contributed by atoms with Crippen molar-refractivity contribution in [1.82, 2.24) is 0 Å². The molecule has 0 saturated heterocycles. The van der Waals surface area contributed by atoms with E-state index < -0.39 is 0 Å². The van der Waals surface area contributed by atoms with Crippen LogP contribution in [0.25, 0.3) is 0 Å². The maximum atomic E-state index is 4.08. The predicted octanol–water partition coefficient (Wildman–Crippen LogP) is 6.33. The zero-order chi connectivity index (χ0) is 12.8. The predicted molar refractivity (Wildman–Crippen MR) is 96.7 cm³/mol. The molecule has 0 aliphatic carbocycles. The topological polar surface area (TPSA) is 0 Å². The minimum absolute atomic E-state index is 0. The minimum Gasteiger partial charge on any atom is -0.143 e. The largest absolute Gasteiger partial charge is 0.143 e. The Balaban J connectivity index is 0.000000321. The number of benzene rings is 2. The first-order valence-electron chi connectivity index (χ1n) is 4.54. The maximum Gasteiger partial charge on any atom is 0.0460 e. The summed E-state index contributed by atoms with van der Waals surface area (Å²) in [6.07, 6.45) is 0. The van der Waals surface area contributed by atoms with Crippen LogP contribution < -0.4 is 0 Å². The molecule has 6 heteroatoms. The molecule has 91 valence electrons. The fourth-order valence-electron chi connectivity index (χ4n) is 0.953. The van der Waals surface area contributed by atoms with E-state index in [1.807, 2.05) is 42.5 Å². The number of thiol groups is 1. The van der Waals surface area contributed by atoms with Crippen LogP contribution in [0.15, 0.2) is 65.3 Å². The van der Waals surface area contributed by atoms with Gasteiger partial charge in [-0.3, -0.25) is 0 Å². The molecule has 0 nitrogen and oxygen atoms in total. The molecule has 0 aliphatic heterocycles. The van der Waals surface area contributed by atoms with Crippen LogP contribution in [-0.2, 0) is 0 Å². The summed E-state index contributed by atoms with van der Waals surface area (Å²) in [5, 5.41) is 0. The van der Waals surface area contributed by atoms with Crippen molar-refractivity contribution in [2.45, 2.75) is 4.90 Å². The van der Waals surface area contributed by atoms with Gasteiger partial charge in [-0.05, 0) is 72.1 Å². The second-order valence-electron chi connectivity index (χ2n) is 3.02. The van der Waals surface area contributed by atoms with Gasteiger partial charge in [-0.2, -0.15) is 0 Å². The van der Waals surface area contributed by atoms with Crippen molar-refractivity contribution in [3.63, 3.8) is 0 Å². The van der Waals surface area contributed by atoms with E-state index in [-0.39, 0.29) is 29.6 Å². The normalized spacial score (nSPS) is 8.94. The monoisotopic (exact) mass is 523 g/mol. The van der Waals surface area contributed by atoms with E-state index in [2.05, 4.69) is 76.3 Å². The molecular formula is C12H8Br4NaS. The molecule has 0 saturated carbocycles. The van der Waals surface area contributed by atoms with E-state index in [4.69, 9.17) is 0 Å². The summed E-state index contributed by atoms with van der Waals surface area (Å²) in [5.74, 6) is 0. The van der Waals surface area contributed by atoms with Crippen LogP contribution in [0.5, 0.6) is 0 Å². The summed E-state index contributed by atoms with van der Waals surface area (Å²) in [6, 6.07) is 13.8. The van der Waals surface area contributed by atoms with Crippen LogP contribution in [0.1, 0.15) is 0 Å². The average molecular weight is 527 g/mol. The van der Waals surface area contributed by atoms with Crippen LogP contribution in [0.3, 0.4) is 0 Å². The zero-order valence-corrected chi connectivity index (χ0v) is 18.7. The average Bonchev–Trinajstić information content (AvgIpc) is 2.27. The van der Waals surface area contributed by atoms with Gasteiger partial charge in [-0.15, -0.1) is 12.6 Å². The zero-order valence-electron chi connectivity index (χ0n) is 9.50. The summed E-state index contributed by atoms with van der Waals surface area (Å²) < 4.78 is 4.16. The molecule has 0 atom stereocenters. The van der Waals surface area contributed by atoms with Crippen molar-refractivity contribution < 1.29 is 0 Å². The van der Waals surface area contributed by atoms with Gasteiger partial charge in [0.05, 0.1) is 0 Å². The third-order valence-corrected chi connectivity index (χ3v) is 5.63. The molecule has 0 amide bonds. The second kappa shape index (κ2) is 10.4. The van der Waals surface area contributed by atoms with Crippen molar-refractivity contribution >= 4 is 106 Å². The summed E-state index contributed by atoms with van der Waals surface area (Å²) in [4.78, 5) is 1.02. The number of hydrogen-bond donors (Lipinski definition) is 1. The van der Waals surface area contributed by atoms with Crippen molar-refractivity contribution in [1.29, 1.82) is 0 Å². The van der Waals surface area contributed by atoms with Crippen LogP contribution >= 0.6 is 76.3 Å². The molecule has 0 spiro atoms. The molecule has 0 bridgehead atoms. The molecule has 0 unspecified atom stereocenters. The van der Waals surface area contributed by atoms with Gasteiger partial charge in [-0.1, -0.05) is 34.1 Å². The van der Waals surface area contributed by atoms with Crippen LogP contribution in [-0.4, -0.2) is 29.6 Å². The quantitative estimate of drug-likeness (QED) is 0.176. The molecule has 2 aromatic rings. The Morgan fingerprint density at radius 3 is 1.56 bits per heavy atom. The fraction of sp³-hybridized carbons (Fsp3) is 0. The Bertz CT molecular complexity index is 468. The van der Waals surface area contributed by atoms with Crippen molar-refractivity contribution in [2.75, 3.05) is 0 Å². The Kier molecular flexibility index (Phi) is 11.4. The summed E-state index contributed by atoms with van der Waals surface area (Å²) >= 11 is 17.6. The molecule has 1 radical (unpaired) electrons. The van der Waals surface area contributed by atoms with E-state index in [1.165, 1.54) is 0 Å². The first-order chi connectivity index (χ1) is 8.00. The Hall–Kier alpha value is 1.71.